The standard InChI is InChI=1S/C20H22N2O4/c1-13(16-10-14-6-2-3-7-15(14)26-16)21-17(23)12-22-18(24)11-20(19(22)25)8-4-5-9-20/h2-3,6-7,10,13H,4-5,8-9,11-12H2,1H3,(H,21,23)/t13-/m1/s1. The Morgan fingerprint density at radius 1 is 1.27 bits per heavy atom. The van der Waals surface area contributed by atoms with Crippen LogP contribution in [0.3, 0.4) is 0 Å². The van der Waals surface area contributed by atoms with E-state index < -0.39 is 5.41 Å². The Hall–Kier alpha value is -2.63. The van der Waals surface area contributed by atoms with Gasteiger partial charge in [-0.05, 0) is 31.9 Å². The van der Waals surface area contributed by atoms with Crippen LogP contribution in [0.2, 0.25) is 0 Å². The normalized spacial score (nSPS) is 20.3. The number of amides is 3. The van der Waals surface area contributed by atoms with E-state index in [1.807, 2.05) is 37.3 Å². The number of nitrogens with zero attached hydrogens (tertiary/aromatic N) is 1. The fraction of sp³-hybridized carbons (Fsp3) is 0.450. The van der Waals surface area contributed by atoms with Crippen LogP contribution >= 0.6 is 0 Å². The summed E-state index contributed by atoms with van der Waals surface area (Å²) in [7, 11) is 0. The first kappa shape index (κ1) is 16.8. The van der Waals surface area contributed by atoms with Crippen LogP contribution in [0.4, 0.5) is 0 Å². The molecule has 136 valence electrons. The molecule has 2 fully saturated rings. The van der Waals surface area contributed by atoms with E-state index in [-0.39, 0.29) is 36.7 Å². The van der Waals surface area contributed by atoms with Crippen molar-refractivity contribution in [2.75, 3.05) is 6.54 Å². The SMILES string of the molecule is C[C@@H](NC(=O)CN1C(=O)CC2(CCCC2)C1=O)c1cc2ccccc2o1. The van der Waals surface area contributed by atoms with Crippen molar-refractivity contribution >= 4 is 28.7 Å². The van der Waals surface area contributed by atoms with E-state index in [0.29, 0.717) is 5.76 Å². The maximum atomic E-state index is 12.7. The first-order chi connectivity index (χ1) is 12.5. The summed E-state index contributed by atoms with van der Waals surface area (Å²) in [5, 5.41) is 3.79. The molecule has 0 radical (unpaired) electrons. The molecule has 0 bridgehead atoms. The van der Waals surface area contributed by atoms with Crippen molar-refractivity contribution in [2.24, 2.45) is 5.41 Å². The molecule has 1 saturated carbocycles. The second-order valence-electron chi connectivity index (χ2n) is 7.43. The Bertz CT molecular complexity index is 846. The lowest BCUT2D eigenvalue weighted by molar-refractivity contribution is -0.144. The first-order valence-corrected chi connectivity index (χ1v) is 9.11. The van der Waals surface area contributed by atoms with Crippen LogP contribution in [-0.4, -0.2) is 29.2 Å². The molecule has 1 N–H and O–H groups in total. The smallest absolute Gasteiger partial charge is 0.240 e. The van der Waals surface area contributed by atoms with Gasteiger partial charge in [0.25, 0.3) is 0 Å². The van der Waals surface area contributed by atoms with E-state index >= 15 is 0 Å². The number of carbonyl (C=O) groups excluding carboxylic acids is 3. The molecule has 26 heavy (non-hydrogen) atoms. The number of para-hydroxylation sites is 1. The summed E-state index contributed by atoms with van der Waals surface area (Å²) in [5.41, 5.74) is 0.221. The van der Waals surface area contributed by atoms with Gasteiger partial charge in [0, 0.05) is 11.8 Å². The van der Waals surface area contributed by atoms with Crippen molar-refractivity contribution in [3.8, 4) is 0 Å². The molecule has 1 aromatic carbocycles. The van der Waals surface area contributed by atoms with Gasteiger partial charge in [0.2, 0.25) is 17.7 Å². The third kappa shape index (κ3) is 2.79. The third-order valence-electron chi connectivity index (χ3n) is 5.60. The highest BCUT2D eigenvalue weighted by Crippen LogP contribution is 2.46. The van der Waals surface area contributed by atoms with Gasteiger partial charge in [-0.1, -0.05) is 31.0 Å². The molecule has 2 aliphatic rings. The third-order valence-corrected chi connectivity index (χ3v) is 5.60. The van der Waals surface area contributed by atoms with Gasteiger partial charge in [0.15, 0.2) is 0 Å². The monoisotopic (exact) mass is 354 g/mol. The van der Waals surface area contributed by atoms with Crippen LogP contribution in [-0.2, 0) is 14.4 Å². The molecule has 1 saturated heterocycles. The van der Waals surface area contributed by atoms with Gasteiger partial charge in [-0.2, -0.15) is 0 Å². The lowest BCUT2D eigenvalue weighted by Gasteiger charge is -2.21. The van der Waals surface area contributed by atoms with E-state index in [4.69, 9.17) is 4.42 Å². The molecule has 1 aliphatic carbocycles. The maximum absolute atomic E-state index is 12.7. The van der Waals surface area contributed by atoms with Crippen LogP contribution < -0.4 is 5.32 Å². The molecule has 2 aromatic rings. The zero-order chi connectivity index (χ0) is 18.3. The van der Waals surface area contributed by atoms with Crippen LogP contribution in [0.15, 0.2) is 34.7 Å². The zero-order valence-electron chi connectivity index (χ0n) is 14.8. The van der Waals surface area contributed by atoms with Gasteiger partial charge in [-0.3, -0.25) is 19.3 Å². The van der Waals surface area contributed by atoms with E-state index in [1.165, 1.54) is 0 Å². The Labute approximate surface area is 151 Å². The van der Waals surface area contributed by atoms with Crippen molar-refractivity contribution in [1.29, 1.82) is 0 Å². The first-order valence-electron chi connectivity index (χ1n) is 9.11. The second kappa shape index (κ2) is 6.27. The van der Waals surface area contributed by atoms with Gasteiger partial charge in [0.05, 0.1) is 11.5 Å². The Kier molecular flexibility index (Phi) is 4.05. The van der Waals surface area contributed by atoms with E-state index in [9.17, 15) is 14.4 Å². The molecule has 1 aromatic heterocycles. The number of fused-ring (bicyclic) bond motifs is 1. The molecule has 3 amide bonds. The molecule has 0 unspecified atom stereocenters. The molecule has 6 heteroatoms. The van der Waals surface area contributed by atoms with Crippen molar-refractivity contribution in [1.82, 2.24) is 10.2 Å². The average Bonchev–Trinajstić information content (AvgIpc) is 3.30. The minimum Gasteiger partial charge on any atom is -0.459 e. The highest BCUT2D eigenvalue weighted by molar-refractivity contribution is 6.08. The Balaban J connectivity index is 1.42. The van der Waals surface area contributed by atoms with Crippen LogP contribution in [0, 0.1) is 5.41 Å². The molecule has 1 spiro atoms. The van der Waals surface area contributed by atoms with Crippen LogP contribution in [0.5, 0.6) is 0 Å². The number of furan rings is 1. The molecule has 2 heterocycles. The summed E-state index contributed by atoms with van der Waals surface area (Å²) in [6.45, 7) is 1.60. The van der Waals surface area contributed by atoms with Crippen molar-refractivity contribution in [3.63, 3.8) is 0 Å². The quantitative estimate of drug-likeness (QED) is 0.856. The number of benzene rings is 1. The van der Waals surface area contributed by atoms with Crippen molar-refractivity contribution in [2.45, 2.75) is 45.1 Å². The predicted octanol–water partition coefficient (Wildman–Crippen LogP) is 2.93. The van der Waals surface area contributed by atoms with Gasteiger partial charge in [-0.15, -0.1) is 0 Å². The zero-order valence-corrected chi connectivity index (χ0v) is 14.8. The summed E-state index contributed by atoms with van der Waals surface area (Å²) in [6.07, 6.45) is 3.71. The molecular formula is C20H22N2O4. The van der Waals surface area contributed by atoms with Gasteiger partial charge >= 0.3 is 0 Å². The number of imide groups is 1. The average molecular weight is 354 g/mol. The van der Waals surface area contributed by atoms with Crippen LogP contribution in [0.1, 0.15) is 50.8 Å². The van der Waals surface area contributed by atoms with Gasteiger partial charge in [-0.25, -0.2) is 0 Å². The minimum absolute atomic E-state index is 0.174. The highest BCUT2D eigenvalue weighted by atomic mass is 16.3. The second-order valence-corrected chi connectivity index (χ2v) is 7.43. The molecule has 1 atom stereocenters. The molecular weight excluding hydrogens is 332 g/mol. The fourth-order valence-corrected chi connectivity index (χ4v) is 4.18. The number of likely N-dealkylation sites (tertiary alicyclic amines) is 1. The highest BCUT2D eigenvalue weighted by Gasteiger charge is 2.52. The Morgan fingerprint density at radius 2 is 2.00 bits per heavy atom. The lowest BCUT2D eigenvalue weighted by Crippen LogP contribution is -2.42. The summed E-state index contributed by atoms with van der Waals surface area (Å²) < 4.78 is 5.76. The maximum Gasteiger partial charge on any atom is 0.240 e. The summed E-state index contributed by atoms with van der Waals surface area (Å²) in [6, 6.07) is 9.18. The van der Waals surface area contributed by atoms with Gasteiger partial charge < -0.3 is 9.73 Å². The number of rotatable bonds is 4. The Morgan fingerprint density at radius 3 is 2.73 bits per heavy atom. The molecule has 1 aliphatic heterocycles. The minimum atomic E-state index is -0.540. The van der Waals surface area contributed by atoms with Crippen molar-refractivity contribution < 1.29 is 18.8 Å². The molecule has 6 nitrogen and oxygen atoms in total. The van der Waals surface area contributed by atoms with E-state index in [1.54, 1.807) is 0 Å². The summed E-state index contributed by atoms with van der Waals surface area (Å²) in [5.74, 6) is -0.115. The van der Waals surface area contributed by atoms with E-state index in [2.05, 4.69) is 5.32 Å². The predicted molar refractivity (Wildman–Crippen MR) is 95.0 cm³/mol. The topological polar surface area (TPSA) is 79.6 Å². The summed E-state index contributed by atoms with van der Waals surface area (Å²) in [4.78, 5) is 38.4. The van der Waals surface area contributed by atoms with Crippen molar-refractivity contribution in [3.05, 3.63) is 36.1 Å². The van der Waals surface area contributed by atoms with Gasteiger partial charge in [0.1, 0.15) is 17.9 Å². The fourth-order valence-electron chi connectivity index (χ4n) is 4.18. The molecule has 4 rings (SSSR count). The number of carbonyl (C=O) groups is 3. The number of hydrogen-bond donors (Lipinski definition) is 1. The lowest BCUT2D eigenvalue weighted by atomic mass is 9.84. The summed E-state index contributed by atoms with van der Waals surface area (Å²) >= 11 is 0. The van der Waals surface area contributed by atoms with Crippen LogP contribution in [0.25, 0.3) is 11.0 Å². The number of hydrogen-bond acceptors (Lipinski definition) is 4. The van der Waals surface area contributed by atoms with E-state index in [0.717, 1.165) is 41.6 Å². The largest absolute Gasteiger partial charge is 0.459 e. The number of nitrogens with one attached hydrogen (secondary N) is 1.